The SMILES string of the molecule is Nc1nc2cnc(C(=O)N3CCOCC3C3=CC=C(OC(F)(F)F)CC3F)cc2c2c1COC2. The van der Waals surface area contributed by atoms with Crippen molar-refractivity contribution in [2.24, 2.45) is 0 Å². The third-order valence-corrected chi connectivity index (χ3v) is 6.06. The minimum absolute atomic E-state index is 0.0101. The average molecular weight is 480 g/mol. The zero-order valence-corrected chi connectivity index (χ0v) is 17.8. The second-order valence-electron chi connectivity index (χ2n) is 8.14. The van der Waals surface area contributed by atoms with Crippen LogP contribution in [0.25, 0.3) is 10.9 Å². The van der Waals surface area contributed by atoms with Gasteiger partial charge in [0.25, 0.3) is 5.91 Å². The van der Waals surface area contributed by atoms with Gasteiger partial charge in [0.2, 0.25) is 0 Å². The molecule has 0 saturated carbocycles. The number of carbonyl (C=O) groups is 1. The summed E-state index contributed by atoms with van der Waals surface area (Å²) in [5.74, 6) is -0.624. The number of carbonyl (C=O) groups excluding carboxylic acids is 1. The van der Waals surface area contributed by atoms with Gasteiger partial charge in [0.1, 0.15) is 23.4 Å². The van der Waals surface area contributed by atoms with E-state index in [-0.39, 0.29) is 31.0 Å². The van der Waals surface area contributed by atoms with Gasteiger partial charge in [0, 0.05) is 23.9 Å². The van der Waals surface area contributed by atoms with Gasteiger partial charge in [0.15, 0.2) is 0 Å². The first-order valence-corrected chi connectivity index (χ1v) is 10.5. The van der Waals surface area contributed by atoms with Gasteiger partial charge in [-0.3, -0.25) is 4.79 Å². The van der Waals surface area contributed by atoms with Crippen molar-refractivity contribution in [2.45, 2.75) is 38.2 Å². The first-order chi connectivity index (χ1) is 16.2. The minimum Gasteiger partial charge on any atom is -0.410 e. The number of morpholine rings is 1. The lowest BCUT2D eigenvalue weighted by Crippen LogP contribution is -2.51. The van der Waals surface area contributed by atoms with Crippen LogP contribution in [0.2, 0.25) is 0 Å². The van der Waals surface area contributed by atoms with E-state index in [1.54, 1.807) is 6.07 Å². The smallest absolute Gasteiger partial charge is 0.410 e. The zero-order valence-electron chi connectivity index (χ0n) is 17.8. The number of halogens is 4. The fraction of sp³-hybridized carbons (Fsp3) is 0.409. The monoisotopic (exact) mass is 480 g/mol. The Morgan fingerprint density at radius 3 is 2.76 bits per heavy atom. The van der Waals surface area contributed by atoms with Gasteiger partial charge in [-0.1, -0.05) is 6.08 Å². The minimum atomic E-state index is -4.90. The van der Waals surface area contributed by atoms with E-state index in [2.05, 4.69) is 14.7 Å². The average Bonchev–Trinajstić information content (AvgIpc) is 3.29. The number of nitrogen functional groups attached to an aromatic ring is 1. The number of rotatable bonds is 3. The van der Waals surface area contributed by atoms with Crippen LogP contribution in [0.5, 0.6) is 0 Å². The Hall–Kier alpha value is -3.25. The Balaban J connectivity index is 1.45. The van der Waals surface area contributed by atoms with Gasteiger partial charge in [-0.15, -0.1) is 13.2 Å². The summed E-state index contributed by atoms with van der Waals surface area (Å²) < 4.78 is 67.1. The van der Waals surface area contributed by atoms with Crippen molar-refractivity contribution in [3.8, 4) is 0 Å². The van der Waals surface area contributed by atoms with Crippen LogP contribution in [0.4, 0.5) is 23.4 Å². The summed E-state index contributed by atoms with van der Waals surface area (Å²) in [6, 6.07) is 0.817. The van der Waals surface area contributed by atoms with Crippen molar-refractivity contribution in [2.75, 3.05) is 25.5 Å². The molecule has 2 aliphatic heterocycles. The molecule has 5 rings (SSSR count). The number of nitrogens with zero attached hydrogens (tertiary/aromatic N) is 3. The van der Waals surface area contributed by atoms with Gasteiger partial charge < -0.3 is 24.8 Å². The molecule has 8 nitrogen and oxygen atoms in total. The Morgan fingerprint density at radius 1 is 1.21 bits per heavy atom. The largest absolute Gasteiger partial charge is 0.572 e. The van der Waals surface area contributed by atoms with Crippen LogP contribution in [-0.2, 0) is 27.4 Å². The number of fused-ring (bicyclic) bond motifs is 3. The Labute approximate surface area is 191 Å². The van der Waals surface area contributed by atoms with Gasteiger partial charge in [-0.25, -0.2) is 14.4 Å². The van der Waals surface area contributed by atoms with Crippen LogP contribution in [0.1, 0.15) is 28.0 Å². The summed E-state index contributed by atoms with van der Waals surface area (Å²) in [4.78, 5) is 23.4. The molecule has 12 heteroatoms. The maximum absolute atomic E-state index is 14.9. The number of allylic oxidation sites excluding steroid dienone is 3. The van der Waals surface area contributed by atoms with Crippen LogP contribution < -0.4 is 5.73 Å². The van der Waals surface area contributed by atoms with Crippen LogP contribution >= 0.6 is 0 Å². The van der Waals surface area contributed by atoms with Crippen molar-refractivity contribution >= 4 is 22.6 Å². The lowest BCUT2D eigenvalue weighted by molar-refractivity contribution is -0.306. The third kappa shape index (κ3) is 4.18. The van der Waals surface area contributed by atoms with E-state index in [0.717, 1.165) is 17.2 Å². The molecule has 34 heavy (non-hydrogen) atoms. The van der Waals surface area contributed by atoms with E-state index in [0.29, 0.717) is 29.9 Å². The lowest BCUT2D eigenvalue weighted by atomic mass is 9.93. The summed E-state index contributed by atoms with van der Waals surface area (Å²) in [6.07, 6.45) is -3.50. The molecule has 2 aromatic heterocycles. The molecular weight excluding hydrogens is 460 g/mol. The normalized spacial score (nSPS) is 22.9. The number of anilines is 1. The predicted molar refractivity (Wildman–Crippen MR) is 111 cm³/mol. The second kappa shape index (κ2) is 8.51. The molecule has 180 valence electrons. The number of ether oxygens (including phenoxy) is 3. The molecule has 2 atom stereocenters. The number of aromatic nitrogens is 2. The molecule has 0 bridgehead atoms. The summed E-state index contributed by atoms with van der Waals surface area (Å²) in [5, 5.41) is 0.696. The van der Waals surface area contributed by atoms with E-state index in [1.165, 1.54) is 17.2 Å². The van der Waals surface area contributed by atoms with Crippen LogP contribution in [-0.4, -0.2) is 59.1 Å². The van der Waals surface area contributed by atoms with Gasteiger partial charge in [-0.05, 0) is 23.3 Å². The van der Waals surface area contributed by atoms with Gasteiger partial charge >= 0.3 is 6.36 Å². The second-order valence-corrected chi connectivity index (χ2v) is 8.14. The van der Waals surface area contributed by atoms with Crippen molar-refractivity contribution in [3.63, 3.8) is 0 Å². The quantitative estimate of drug-likeness (QED) is 0.674. The zero-order chi connectivity index (χ0) is 24.0. The van der Waals surface area contributed by atoms with E-state index >= 15 is 0 Å². The molecule has 1 fully saturated rings. The first-order valence-electron chi connectivity index (χ1n) is 10.5. The molecule has 1 aliphatic carbocycles. The van der Waals surface area contributed by atoms with Crippen molar-refractivity contribution < 1.29 is 36.6 Å². The fourth-order valence-electron chi connectivity index (χ4n) is 4.46. The standard InChI is InChI=1S/C22H20F4N4O4/c23-16-5-11(34-22(24,25)26)1-2-12(16)19-10-32-4-3-30(19)21(31)17-6-13-14-8-33-9-15(14)20(27)29-18(13)7-28-17/h1-2,6-7,16,19H,3-5,8-10H2,(H2,27,29). The molecule has 2 unspecified atom stereocenters. The number of pyridine rings is 2. The number of amides is 1. The topological polar surface area (TPSA) is 99.8 Å². The van der Waals surface area contributed by atoms with E-state index in [4.69, 9.17) is 15.2 Å². The Bertz CT molecular complexity index is 1210. The van der Waals surface area contributed by atoms with Crippen LogP contribution in [0.15, 0.2) is 35.7 Å². The maximum atomic E-state index is 14.9. The highest BCUT2D eigenvalue weighted by atomic mass is 19.4. The predicted octanol–water partition coefficient (Wildman–Crippen LogP) is 3.17. The highest BCUT2D eigenvalue weighted by Crippen LogP contribution is 2.34. The molecule has 0 spiro atoms. The molecule has 2 aromatic rings. The summed E-state index contributed by atoms with van der Waals surface area (Å²) >= 11 is 0. The molecule has 1 amide bonds. The molecule has 2 N–H and O–H groups in total. The van der Waals surface area contributed by atoms with Gasteiger partial charge in [0.05, 0.1) is 44.2 Å². The summed E-state index contributed by atoms with van der Waals surface area (Å²) in [7, 11) is 0. The van der Waals surface area contributed by atoms with Crippen LogP contribution in [0.3, 0.4) is 0 Å². The van der Waals surface area contributed by atoms with E-state index < -0.39 is 36.7 Å². The molecular formula is C22H20F4N4O4. The highest BCUT2D eigenvalue weighted by molar-refractivity contribution is 5.97. The Morgan fingerprint density at radius 2 is 2.00 bits per heavy atom. The number of hydrogen-bond acceptors (Lipinski definition) is 7. The Kier molecular flexibility index (Phi) is 5.64. The van der Waals surface area contributed by atoms with Gasteiger partial charge in [-0.2, -0.15) is 0 Å². The summed E-state index contributed by atoms with van der Waals surface area (Å²) in [5.41, 5.74) is 8.41. The molecule has 0 radical (unpaired) electrons. The van der Waals surface area contributed by atoms with E-state index in [1.807, 2.05) is 0 Å². The lowest BCUT2D eigenvalue weighted by Gasteiger charge is -2.38. The first kappa shape index (κ1) is 22.5. The fourth-order valence-corrected chi connectivity index (χ4v) is 4.46. The molecule has 4 heterocycles. The maximum Gasteiger partial charge on any atom is 0.572 e. The third-order valence-electron chi connectivity index (χ3n) is 6.06. The van der Waals surface area contributed by atoms with Crippen molar-refractivity contribution in [3.05, 3.63) is 52.6 Å². The van der Waals surface area contributed by atoms with Crippen molar-refractivity contribution in [1.29, 1.82) is 0 Å². The molecule has 3 aliphatic rings. The number of hydrogen-bond donors (Lipinski definition) is 1. The number of alkyl halides is 4. The van der Waals surface area contributed by atoms with E-state index in [9.17, 15) is 22.4 Å². The van der Waals surface area contributed by atoms with Crippen molar-refractivity contribution in [1.82, 2.24) is 14.9 Å². The molecule has 1 saturated heterocycles. The van der Waals surface area contributed by atoms with Crippen LogP contribution in [0, 0.1) is 0 Å². The molecule has 0 aromatic carbocycles. The number of nitrogens with two attached hydrogens (primary N) is 1. The summed E-state index contributed by atoms with van der Waals surface area (Å²) in [6.45, 7) is 1.09. The highest BCUT2D eigenvalue weighted by Gasteiger charge is 2.38.